The molecule has 3 rings (SSSR count). The number of rotatable bonds is 2. The zero-order valence-electron chi connectivity index (χ0n) is 10.3. The predicted octanol–water partition coefficient (Wildman–Crippen LogP) is 3.93. The summed E-state index contributed by atoms with van der Waals surface area (Å²) in [7, 11) is 0. The molecule has 0 saturated heterocycles. The van der Waals surface area contributed by atoms with E-state index in [0.717, 1.165) is 21.3 Å². The third kappa shape index (κ3) is 2.42. The SMILES string of the molecule is Nc1ccccc1-c1cnn(-c2ncc(Cl)cc2Br)c1. The summed E-state index contributed by atoms with van der Waals surface area (Å²) in [5.74, 6) is 0.676. The van der Waals surface area contributed by atoms with Gasteiger partial charge in [0.15, 0.2) is 5.82 Å². The first kappa shape index (κ1) is 13.1. The highest BCUT2D eigenvalue weighted by Gasteiger charge is 2.09. The van der Waals surface area contributed by atoms with Crippen molar-refractivity contribution < 1.29 is 0 Å². The molecular weight excluding hydrogens is 340 g/mol. The number of nitrogens with two attached hydrogens (primary N) is 1. The number of pyridine rings is 1. The van der Waals surface area contributed by atoms with Gasteiger partial charge in [-0.1, -0.05) is 29.8 Å². The van der Waals surface area contributed by atoms with E-state index in [9.17, 15) is 0 Å². The molecule has 0 spiro atoms. The Bertz CT molecular complexity index is 769. The Morgan fingerprint density at radius 3 is 2.75 bits per heavy atom. The molecule has 20 heavy (non-hydrogen) atoms. The smallest absolute Gasteiger partial charge is 0.167 e. The molecule has 0 aliphatic carbocycles. The lowest BCUT2D eigenvalue weighted by atomic mass is 10.1. The number of nitrogen functional groups attached to an aromatic ring is 1. The number of hydrogen-bond donors (Lipinski definition) is 1. The number of halogens is 2. The monoisotopic (exact) mass is 348 g/mol. The number of para-hydroxylation sites is 1. The van der Waals surface area contributed by atoms with Crippen LogP contribution >= 0.6 is 27.5 Å². The van der Waals surface area contributed by atoms with Gasteiger partial charge in [-0.3, -0.25) is 0 Å². The maximum atomic E-state index is 5.97. The molecule has 0 aliphatic rings. The fraction of sp³-hybridized carbons (Fsp3) is 0. The Labute approximate surface area is 129 Å². The number of anilines is 1. The van der Waals surface area contributed by atoms with Crippen molar-refractivity contribution in [3.8, 4) is 16.9 Å². The molecule has 2 aromatic heterocycles. The topological polar surface area (TPSA) is 56.7 Å². The van der Waals surface area contributed by atoms with Gasteiger partial charge in [-0.15, -0.1) is 0 Å². The Morgan fingerprint density at radius 1 is 1.20 bits per heavy atom. The Kier molecular flexibility index (Phi) is 3.46. The summed E-state index contributed by atoms with van der Waals surface area (Å²) in [6.45, 7) is 0. The van der Waals surface area contributed by atoms with Gasteiger partial charge in [-0.05, 0) is 28.1 Å². The van der Waals surface area contributed by atoms with Gasteiger partial charge in [0.1, 0.15) is 0 Å². The largest absolute Gasteiger partial charge is 0.398 e. The van der Waals surface area contributed by atoms with E-state index in [1.807, 2.05) is 30.5 Å². The van der Waals surface area contributed by atoms with E-state index in [0.29, 0.717) is 10.8 Å². The first-order valence-corrected chi connectivity index (χ1v) is 7.03. The third-order valence-corrected chi connectivity index (χ3v) is 3.65. The number of hydrogen-bond acceptors (Lipinski definition) is 3. The van der Waals surface area contributed by atoms with Crippen molar-refractivity contribution in [3.05, 3.63) is 58.4 Å². The van der Waals surface area contributed by atoms with Crippen molar-refractivity contribution in [2.45, 2.75) is 0 Å². The van der Waals surface area contributed by atoms with Gasteiger partial charge in [-0.2, -0.15) is 5.10 Å². The van der Waals surface area contributed by atoms with E-state index in [1.165, 1.54) is 0 Å². The van der Waals surface area contributed by atoms with E-state index in [-0.39, 0.29) is 0 Å². The molecule has 3 aromatic rings. The van der Waals surface area contributed by atoms with E-state index in [1.54, 1.807) is 23.1 Å². The van der Waals surface area contributed by atoms with E-state index < -0.39 is 0 Å². The predicted molar refractivity (Wildman–Crippen MR) is 83.9 cm³/mol. The van der Waals surface area contributed by atoms with Crippen molar-refractivity contribution in [2.75, 3.05) is 5.73 Å². The highest BCUT2D eigenvalue weighted by atomic mass is 79.9. The van der Waals surface area contributed by atoms with Crippen LogP contribution in [0.3, 0.4) is 0 Å². The fourth-order valence-corrected chi connectivity index (χ4v) is 2.73. The van der Waals surface area contributed by atoms with Crippen LogP contribution < -0.4 is 5.73 Å². The molecule has 0 aliphatic heterocycles. The normalized spacial score (nSPS) is 10.7. The van der Waals surface area contributed by atoms with Crippen LogP contribution in [0.15, 0.2) is 53.4 Å². The van der Waals surface area contributed by atoms with Crippen LogP contribution in [0.4, 0.5) is 5.69 Å². The lowest BCUT2D eigenvalue weighted by molar-refractivity contribution is 0.842. The lowest BCUT2D eigenvalue weighted by Gasteiger charge is -2.04. The second-order valence-corrected chi connectivity index (χ2v) is 5.51. The fourth-order valence-electron chi connectivity index (χ4n) is 1.91. The molecule has 0 fully saturated rings. The molecule has 2 heterocycles. The summed E-state index contributed by atoms with van der Waals surface area (Å²) in [5.41, 5.74) is 8.57. The molecule has 4 nitrogen and oxygen atoms in total. The second-order valence-electron chi connectivity index (χ2n) is 4.22. The summed E-state index contributed by atoms with van der Waals surface area (Å²) in [4.78, 5) is 4.27. The number of nitrogens with zero attached hydrogens (tertiary/aromatic N) is 3. The van der Waals surface area contributed by atoms with Gasteiger partial charge in [0.25, 0.3) is 0 Å². The van der Waals surface area contributed by atoms with Crippen LogP contribution in [0.25, 0.3) is 16.9 Å². The van der Waals surface area contributed by atoms with Gasteiger partial charge >= 0.3 is 0 Å². The minimum atomic E-state index is 0.570. The maximum absolute atomic E-state index is 5.97. The minimum absolute atomic E-state index is 0.570. The molecule has 0 amide bonds. The van der Waals surface area contributed by atoms with E-state index in [2.05, 4.69) is 26.0 Å². The molecule has 0 saturated carbocycles. The van der Waals surface area contributed by atoms with Gasteiger partial charge < -0.3 is 5.73 Å². The molecule has 1 aromatic carbocycles. The van der Waals surface area contributed by atoms with Crippen LogP contribution in [-0.4, -0.2) is 14.8 Å². The molecule has 0 bridgehead atoms. The first-order valence-electron chi connectivity index (χ1n) is 5.86. The molecule has 2 N–H and O–H groups in total. The average Bonchev–Trinajstić information content (AvgIpc) is 2.88. The van der Waals surface area contributed by atoms with E-state index in [4.69, 9.17) is 17.3 Å². The molecule has 6 heteroatoms. The lowest BCUT2D eigenvalue weighted by Crippen LogP contribution is -1.98. The van der Waals surface area contributed by atoms with Crippen molar-refractivity contribution >= 4 is 33.2 Å². The van der Waals surface area contributed by atoms with Crippen molar-refractivity contribution in [3.63, 3.8) is 0 Å². The number of benzene rings is 1. The molecule has 0 atom stereocenters. The van der Waals surface area contributed by atoms with Crippen LogP contribution in [-0.2, 0) is 0 Å². The molecule has 100 valence electrons. The Hall–Kier alpha value is -1.85. The van der Waals surface area contributed by atoms with Crippen molar-refractivity contribution in [1.82, 2.24) is 14.8 Å². The van der Waals surface area contributed by atoms with E-state index >= 15 is 0 Å². The van der Waals surface area contributed by atoms with Crippen LogP contribution in [0, 0.1) is 0 Å². The van der Waals surface area contributed by atoms with Gasteiger partial charge in [0, 0.05) is 29.2 Å². The van der Waals surface area contributed by atoms with Crippen molar-refractivity contribution in [1.29, 1.82) is 0 Å². The van der Waals surface area contributed by atoms with Gasteiger partial charge in [0.05, 0.1) is 15.7 Å². The number of aromatic nitrogens is 3. The summed E-state index contributed by atoms with van der Waals surface area (Å²) >= 11 is 9.32. The zero-order chi connectivity index (χ0) is 14.1. The zero-order valence-corrected chi connectivity index (χ0v) is 12.6. The molecule has 0 unspecified atom stereocenters. The summed E-state index contributed by atoms with van der Waals surface area (Å²) in [6.07, 6.45) is 5.22. The van der Waals surface area contributed by atoms with Gasteiger partial charge in [0.2, 0.25) is 0 Å². The highest BCUT2D eigenvalue weighted by Crippen LogP contribution is 2.27. The second kappa shape index (κ2) is 5.26. The third-order valence-electron chi connectivity index (χ3n) is 2.86. The van der Waals surface area contributed by atoms with Crippen molar-refractivity contribution in [2.24, 2.45) is 0 Å². The summed E-state index contributed by atoms with van der Waals surface area (Å²) < 4.78 is 2.46. The summed E-state index contributed by atoms with van der Waals surface area (Å²) in [5, 5.41) is 4.89. The van der Waals surface area contributed by atoms with Crippen LogP contribution in [0.1, 0.15) is 0 Å². The summed E-state index contributed by atoms with van der Waals surface area (Å²) in [6, 6.07) is 9.45. The maximum Gasteiger partial charge on any atom is 0.167 e. The molecule has 0 radical (unpaired) electrons. The minimum Gasteiger partial charge on any atom is -0.398 e. The standard InChI is InChI=1S/C14H10BrClN4/c15-12-5-10(16)7-18-14(12)20-8-9(6-19-20)11-3-1-2-4-13(11)17/h1-8H,17H2. The van der Waals surface area contributed by atoms with Gasteiger partial charge in [-0.25, -0.2) is 9.67 Å². The Balaban J connectivity index is 2.04. The van der Waals surface area contributed by atoms with Crippen LogP contribution in [0.2, 0.25) is 5.02 Å². The highest BCUT2D eigenvalue weighted by molar-refractivity contribution is 9.10. The first-order chi connectivity index (χ1) is 9.65. The quantitative estimate of drug-likeness (QED) is 0.713. The molecular formula is C14H10BrClN4. The average molecular weight is 350 g/mol. The Morgan fingerprint density at radius 2 is 2.00 bits per heavy atom. The van der Waals surface area contributed by atoms with Crippen LogP contribution in [0.5, 0.6) is 0 Å².